The number of carbonyl (C=O) groups excluding carboxylic acids is 2. The first-order chi connectivity index (χ1) is 12.0. The summed E-state index contributed by atoms with van der Waals surface area (Å²) in [5.41, 5.74) is 3.56. The van der Waals surface area contributed by atoms with Gasteiger partial charge in [0.2, 0.25) is 5.91 Å². The number of anilines is 2. The van der Waals surface area contributed by atoms with E-state index in [9.17, 15) is 9.59 Å². The van der Waals surface area contributed by atoms with Crippen LogP contribution in [0.25, 0.3) is 0 Å². The number of benzene rings is 2. The molecule has 0 bridgehead atoms. The van der Waals surface area contributed by atoms with Crippen molar-refractivity contribution in [3.63, 3.8) is 0 Å². The second kappa shape index (κ2) is 7.38. The third-order valence-electron chi connectivity index (χ3n) is 4.22. The molecule has 130 valence electrons. The van der Waals surface area contributed by atoms with Crippen LogP contribution in [0.2, 0.25) is 0 Å². The van der Waals surface area contributed by atoms with Gasteiger partial charge in [0.15, 0.2) is 6.61 Å². The number of ether oxygens (including phenoxy) is 1. The summed E-state index contributed by atoms with van der Waals surface area (Å²) < 4.78 is 5.62. The van der Waals surface area contributed by atoms with E-state index in [4.69, 9.17) is 4.74 Å². The van der Waals surface area contributed by atoms with Gasteiger partial charge < -0.3 is 15.0 Å². The van der Waals surface area contributed by atoms with Crippen LogP contribution in [0.15, 0.2) is 42.5 Å². The standard InChI is InChI=1S/C20H22N2O3/c1-14-8-9-15(2)18(11-14)25-13-19(23)21-16-5-3-6-17(12-16)22-10-4-7-20(22)24/h3,5-6,8-9,11-12H,4,7,10,13H2,1-2H3,(H,21,23). The third kappa shape index (κ3) is 4.18. The predicted molar refractivity (Wildman–Crippen MR) is 98.1 cm³/mol. The number of nitrogens with zero attached hydrogens (tertiary/aromatic N) is 1. The number of nitrogens with one attached hydrogen (secondary N) is 1. The van der Waals surface area contributed by atoms with E-state index in [0.29, 0.717) is 17.9 Å². The van der Waals surface area contributed by atoms with E-state index in [0.717, 1.165) is 29.8 Å². The van der Waals surface area contributed by atoms with Crippen LogP contribution < -0.4 is 15.0 Å². The Hall–Kier alpha value is -2.82. The fourth-order valence-electron chi connectivity index (χ4n) is 2.88. The molecule has 1 heterocycles. The smallest absolute Gasteiger partial charge is 0.262 e. The minimum Gasteiger partial charge on any atom is -0.483 e. The Morgan fingerprint density at radius 3 is 2.80 bits per heavy atom. The lowest BCUT2D eigenvalue weighted by atomic mass is 10.1. The van der Waals surface area contributed by atoms with Gasteiger partial charge in [-0.15, -0.1) is 0 Å². The number of rotatable bonds is 5. The molecule has 2 aromatic rings. The number of amides is 2. The topological polar surface area (TPSA) is 58.6 Å². The molecule has 2 aromatic carbocycles. The molecule has 1 aliphatic heterocycles. The monoisotopic (exact) mass is 338 g/mol. The van der Waals surface area contributed by atoms with Crippen LogP contribution >= 0.6 is 0 Å². The van der Waals surface area contributed by atoms with Crippen LogP contribution in [0, 0.1) is 13.8 Å². The highest BCUT2D eigenvalue weighted by Gasteiger charge is 2.21. The van der Waals surface area contributed by atoms with Gasteiger partial charge in [0, 0.05) is 24.3 Å². The van der Waals surface area contributed by atoms with Gasteiger partial charge in [-0.25, -0.2) is 0 Å². The molecule has 1 fully saturated rings. The second-order valence-electron chi connectivity index (χ2n) is 6.31. The van der Waals surface area contributed by atoms with Crippen LogP contribution in [0.1, 0.15) is 24.0 Å². The summed E-state index contributed by atoms with van der Waals surface area (Å²) in [5.74, 6) is 0.610. The van der Waals surface area contributed by atoms with Gasteiger partial charge in [-0.3, -0.25) is 9.59 Å². The molecule has 2 amide bonds. The Morgan fingerprint density at radius 2 is 2.04 bits per heavy atom. The summed E-state index contributed by atoms with van der Waals surface area (Å²) in [4.78, 5) is 25.8. The van der Waals surface area contributed by atoms with Crippen LogP contribution in [-0.4, -0.2) is 25.0 Å². The molecule has 5 heteroatoms. The van der Waals surface area contributed by atoms with Crippen molar-refractivity contribution in [3.05, 3.63) is 53.6 Å². The lowest BCUT2D eigenvalue weighted by Crippen LogP contribution is -2.24. The van der Waals surface area contributed by atoms with E-state index < -0.39 is 0 Å². The van der Waals surface area contributed by atoms with Crippen molar-refractivity contribution in [1.82, 2.24) is 0 Å². The molecular formula is C20H22N2O3. The molecule has 0 saturated carbocycles. The van der Waals surface area contributed by atoms with Gasteiger partial charge in [0.1, 0.15) is 5.75 Å². The van der Waals surface area contributed by atoms with E-state index in [1.807, 2.05) is 50.2 Å². The molecule has 25 heavy (non-hydrogen) atoms. The van der Waals surface area contributed by atoms with Crippen molar-refractivity contribution in [3.8, 4) is 5.75 Å². The van der Waals surface area contributed by atoms with Gasteiger partial charge >= 0.3 is 0 Å². The van der Waals surface area contributed by atoms with Crippen molar-refractivity contribution in [2.75, 3.05) is 23.4 Å². The lowest BCUT2D eigenvalue weighted by Gasteiger charge is -2.17. The van der Waals surface area contributed by atoms with E-state index in [1.54, 1.807) is 11.0 Å². The molecule has 3 rings (SSSR count). The Kier molecular flexibility index (Phi) is 5.03. The molecule has 1 aliphatic rings. The van der Waals surface area contributed by atoms with E-state index in [1.165, 1.54) is 0 Å². The Morgan fingerprint density at radius 1 is 1.20 bits per heavy atom. The molecule has 0 radical (unpaired) electrons. The van der Waals surface area contributed by atoms with Crippen LogP contribution in [0.5, 0.6) is 5.75 Å². The highest BCUT2D eigenvalue weighted by molar-refractivity contribution is 5.97. The molecule has 0 aliphatic carbocycles. The highest BCUT2D eigenvalue weighted by Crippen LogP contribution is 2.24. The maximum absolute atomic E-state index is 12.2. The fraction of sp³-hybridized carbons (Fsp3) is 0.300. The number of carbonyl (C=O) groups is 2. The van der Waals surface area contributed by atoms with Crippen molar-refractivity contribution >= 4 is 23.2 Å². The molecule has 5 nitrogen and oxygen atoms in total. The summed E-state index contributed by atoms with van der Waals surface area (Å²) in [6, 6.07) is 13.2. The molecule has 0 atom stereocenters. The minimum atomic E-state index is -0.231. The number of aryl methyl sites for hydroxylation is 2. The first-order valence-electron chi connectivity index (χ1n) is 8.43. The Balaban J connectivity index is 1.61. The van der Waals surface area contributed by atoms with Gasteiger partial charge in [0.05, 0.1) is 0 Å². The normalized spacial score (nSPS) is 13.8. The lowest BCUT2D eigenvalue weighted by molar-refractivity contribution is -0.118. The van der Waals surface area contributed by atoms with E-state index in [2.05, 4.69) is 5.32 Å². The van der Waals surface area contributed by atoms with Crippen molar-refractivity contribution in [2.45, 2.75) is 26.7 Å². The Labute approximate surface area is 147 Å². The molecule has 0 spiro atoms. The van der Waals surface area contributed by atoms with E-state index >= 15 is 0 Å². The average Bonchev–Trinajstić information content (AvgIpc) is 3.02. The maximum Gasteiger partial charge on any atom is 0.262 e. The quantitative estimate of drug-likeness (QED) is 0.908. The van der Waals surface area contributed by atoms with Gasteiger partial charge in [-0.05, 0) is 55.7 Å². The van der Waals surface area contributed by atoms with Crippen LogP contribution in [0.4, 0.5) is 11.4 Å². The van der Waals surface area contributed by atoms with Crippen LogP contribution in [0.3, 0.4) is 0 Å². The highest BCUT2D eigenvalue weighted by atomic mass is 16.5. The predicted octanol–water partition coefficient (Wildman–Crippen LogP) is 3.45. The summed E-state index contributed by atoms with van der Waals surface area (Å²) in [6.45, 7) is 4.60. The largest absolute Gasteiger partial charge is 0.483 e. The van der Waals surface area contributed by atoms with Crippen molar-refractivity contribution in [2.24, 2.45) is 0 Å². The SMILES string of the molecule is Cc1ccc(C)c(OCC(=O)Nc2cccc(N3CCCC3=O)c2)c1. The molecule has 0 aromatic heterocycles. The van der Waals surface area contributed by atoms with Crippen molar-refractivity contribution < 1.29 is 14.3 Å². The summed E-state index contributed by atoms with van der Waals surface area (Å²) >= 11 is 0. The number of hydrogen-bond acceptors (Lipinski definition) is 3. The van der Waals surface area contributed by atoms with Gasteiger partial charge in [-0.1, -0.05) is 18.2 Å². The summed E-state index contributed by atoms with van der Waals surface area (Å²) in [6.07, 6.45) is 1.46. The van der Waals surface area contributed by atoms with Gasteiger partial charge in [0.25, 0.3) is 5.91 Å². The fourth-order valence-corrected chi connectivity index (χ4v) is 2.88. The zero-order valence-electron chi connectivity index (χ0n) is 14.5. The van der Waals surface area contributed by atoms with Crippen LogP contribution in [-0.2, 0) is 9.59 Å². The Bertz CT molecular complexity index is 801. The molecule has 1 saturated heterocycles. The first kappa shape index (κ1) is 17.0. The van der Waals surface area contributed by atoms with E-state index in [-0.39, 0.29) is 18.4 Å². The third-order valence-corrected chi connectivity index (χ3v) is 4.22. The number of hydrogen-bond donors (Lipinski definition) is 1. The van der Waals surface area contributed by atoms with Crippen molar-refractivity contribution in [1.29, 1.82) is 0 Å². The summed E-state index contributed by atoms with van der Waals surface area (Å²) in [5, 5.41) is 2.82. The molecule has 0 unspecified atom stereocenters. The van der Waals surface area contributed by atoms with Gasteiger partial charge in [-0.2, -0.15) is 0 Å². The summed E-state index contributed by atoms with van der Waals surface area (Å²) in [7, 11) is 0. The average molecular weight is 338 g/mol. The zero-order valence-corrected chi connectivity index (χ0v) is 14.5. The zero-order chi connectivity index (χ0) is 17.8. The maximum atomic E-state index is 12.2. The second-order valence-corrected chi connectivity index (χ2v) is 6.31. The molecule has 1 N–H and O–H groups in total. The first-order valence-corrected chi connectivity index (χ1v) is 8.43. The molecular weight excluding hydrogens is 316 g/mol. The minimum absolute atomic E-state index is 0.0584.